The molecule has 1 atom stereocenters. The van der Waals surface area contributed by atoms with Crippen molar-refractivity contribution in [3.8, 4) is 0 Å². The number of thioether (sulfide) groups is 1. The molecule has 2 aromatic carbocycles. The maximum absolute atomic E-state index is 12.1. The molecule has 2 aromatic rings. The third-order valence-electron chi connectivity index (χ3n) is 3.97. The molecule has 1 unspecified atom stereocenters. The zero-order valence-corrected chi connectivity index (χ0v) is 15.8. The molecule has 0 aliphatic rings. The molecule has 3 nitrogen and oxygen atoms in total. The third kappa shape index (κ3) is 4.86. The zero-order chi connectivity index (χ0) is 17.7. The summed E-state index contributed by atoms with van der Waals surface area (Å²) in [6.45, 7) is 8.09. The predicted octanol–water partition coefficient (Wildman–Crippen LogP) is 4.90. The topological polar surface area (TPSA) is 41.5 Å². The van der Waals surface area contributed by atoms with Gasteiger partial charge in [0.25, 0.3) is 5.91 Å². The van der Waals surface area contributed by atoms with Gasteiger partial charge in [0.2, 0.25) is 0 Å². The van der Waals surface area contributed by atoms with Crippen LogP contribution in [0.4, 0.5) is 0 Å². The molecule has 0 aromatic heterocycles. The van der Waals surface area contributed by atoms with Gasteiger partial charge in [0.1, 0.15) is 0 Å². The Bertz CT molecular complexity index is 757. The fraction of sp³-hybridized carbons (Fsp3) is 0.263. The summed E-state index contributed by atoms with van der Waals surface area (Å²) in [4.78, 5) is 13.1. The van der Waals surface area contributed by atoms with Crippen molar-refractivity contribution >= 4 is 35.5 Å². The van der Waals surface area contributed by atoms with Crippen LogP contribution >= 0.6 is 23.4 Å². The van der Waals surface area contributed by atoms with Crippen LogP contribution in [0.15, 0.2) is 46.4 Å². The molecule has 126 valence electrons. The van der Waals surface area contributed by atoms with Gasteiger partial charge in [-0.3, -0.25) is 4.79 Å². The lowest BCUT2D eigenvalue weighted by Crippen LogP contribution is -2.26. The van der Waals surface area contributed by atoms with Gasteiger partial charge in [-0.05, 0) is 74.2 Å². The summed E-state index contributed by atoms with van der Waals surface area (Å²) in [5.41, 5.74) is 7.29. The van der Waals surface area contributed by atoms with Gasteiger partial charge >= 0.3 is 0 Å². The molecule has 0 heterocycles. The Kier molecular flexibility index (Phi) is 6.46. The van der Waals surface area contributed by atoms with Crippen LogP contribution < -0.4 is 5.43 Å². The predicted molar refractivity (Wildman–Crippen MR) is 103 cm³/mol. The van der Waals surface area contributed by atoms with Crippen LogP contribution in [-0.2, 0) is 4.79 Å². The highest BCUT2D eigenvalue weighted by Crippen LogP contribution is 2.24. The fourth-order valence-electron chi connectivity index (χ4n) is 2.14. The van der Waals surface area contributed by atoms with Crippen LogP contribution in [0.1, 0.15) is 29.2 Å². The molecular weight excluding hydrogens is 340 g/mol. The second kappa shape index (κ2) is 8.36. The minimum Gasteiger partial charge on any atom is -0.272 e. The Morgan fingerprint density at radius 3 is 2.46 bits per heavy atom. The highest BCUT2D eigenvalue weighted by Gasteiger charge is 2.13. The Labute approximate surface area is 152 Å². The number of halogens is 1. The summed E-state index contributed by atoms with van der Waals surface area (Å²) < 4.78 is 0. The highest BCUT2D eigenvalue weighted by atomic mass is 35.5. The summed E-state index contributed by atoms with van der Waals surface area (Å²) in [6, 6.07) is 11.5. The van der Waals surface area contributed by atoms with Crippen molar-refractivity contribution in [2.75, 3.05) is 0 Å². The van der Waals surface area contributed by atoms with Crippen molar-refractivity contribution in [3.05, 3.63) is 63.7 Å². The summed E-state index contributed by atoms with van der Waals surface area (Å²) >= 11 is 7.33. The number of aryl methyl sites for hydroxylation is 1. The number of carbonyl (C=O) groups excluding carboxylic acids is 1. The Morgan fingerprint density at radius 2 is 1.79 bits per heavy atom. The van der Waals surface area contributed by atoms with E-state index in [-0.39, 0.29) is 11.2 Å². The van der Waals surface area contributed by atoms with Crippen LogP contribution in [0.3, 0.4) is 0 Å². The van der Waals surface area contributed by atoms with E-state index in [2.05, 4.69) is 37.4 Å². The lowest BCUT2D eigenvalue weighted by Gasteiger charge is -2.10. The zero-order valence-electron chi connectivity index (χ0n) is 14.3. The van der Waals surface area contributed by atoms with E-state index in [0.717, 1.165) is 10.5 Å². The minimum atomic E-state index is -0.246. The quantitative estimate of drug-likeness (QED) is 0.468. The summed E-state index contributed by atoms with van der Waals surface area (Å²) in [6.07, 6.45) is 1.69. The first kappa shape index (κ1) is 18.6. The molecule has 0 fully saturated rings. The van der Waals surface area contributed by atoms with E-state index in [1.165, 1.54) is 28.5 Å². The number of amides is 1. The number of hydrogen-bond donors (Lipinski definition) is 1. The van der Waals surface area contributed by atoms with Gasteiger partial charge in [-0.15, -0.1) is 11.8 Å². The largest absolute Gasteiger partial charge is 0.272 e. The van der Waals surface area contributed by atoms with E-state index in [1.807, 2.05) is 37.3 Å². The minimum absolute atomic E-state index is 0.132. The van der Waals surface area contributed by atoms with Crippen LogP contribution in [0, 0.1) is 20.8 Å². The van der Waals surface area contributed by atoms with Gasteiger partial charge in [-0.2, -0.15) is 5.10 Å². The summed E-state index contributed by atoms with van der Waals surface area (Å²) in [5, 5.41) is 4.53. The molecule has 0 bridgehead atoms. The molecule has 0 saturated heterocycles. The average molecular weight is 361 g/mol. The normalized spacial score (nSPS) is 12.4. The monoisotopic (exact) mass is 360 g/mol. The Morgan fingerprint density at radius 1 is 1.12 bits per heavy atom. The van der Waals surface area contributed by atoms with Crippen LogP contribution in [-0.4, -0.2) is 17.4 Å². The number of hydrogen-bond acceptors (Lipinski definition) is 3. The van der Waals surface area contributed by atoms with E-state index in [0.29, 0.717) is 5.02 Å². The standard InChI is InChI=1S/C19H21ClN2OS/c1-12-5-6-16(14(3)13(12)2)11-21-22-19(23)15(4)24-18-9-7-17(20)8-10-18/h5-11,15H,1-4H3,(H,22,23)/b21-11+. The van der Waals surface area contributed by atoms with Crippen LogP contribution in [0.2, 0.25) is 5.02 Å². The van der Waals surface area contributed by atoms with Gasteiger partial charge in [-0.25, -0.2) is 5.43 Å². The van der Waals surface area contributed by atoms with Crippen LogP contribution in [0.5, 0.6) is 0 Å². The van der Waals surface area contributed by atoms with E-state index in [9.17, 15) is 4.79 Å². The van der Waals surface area contributed by atoms with Gasteiger partial charge < -0.3 is 0 Å². The van der Waals surface area contributed by atoms with Crippen molar-refractivity contribution in [3.63, 3.8) is 0 Å². The molecule has 1 amide bonds. The van der Waals surface area contributed by atoms with Crippen LogP contribution in [0.25, 0.3) is 0 Å². The van der Waals surface area contributed by atoms with E-state index in [4.69, 9.17) is 11.6 Å². The molecule has 24 heavy (non-hydrogen) atoms. The Balaban J connectivity index is 1.94. The fourth-order valence-corrected chi connectivity index (χ4v) is 3.13. The number of carbonyl (C=O) groups is 1. The average Bonchev–Trinajstić information content (AvgIpc) is 2.56. The summed E-state index contributed by atoms with van der Waals surface area (Å²) in [7, 11) is 0. The first-order chi connectivity index (χ1) is 11.4. The van der Waals surface area contributed by atoms with Crippen molar-refractivity contribution in [1.29, 1.82) is 0 Å². The first-order valence-electron chi connectivity index (χ1n) is 7.70. The van der Waals surface area contributed by atoms with Crippen molar-refractivity contribution in [2.24, 2.45) is 5.10 Å². The summed E-state index contributed by atoms with van der Waals surface area (Å²) in [5.74, 6) is -0.132. The van der Waals surface area contributed by atoms with Gasteiger partial charge in [-0.1, -0.05) is 23.7 Å². The number of nitrogens with zero attached hydrogens (tertiary/aromatic N) is 1. The van der Waals surface area contributed by atoms with Crippen molar-refractivity contribution in [2.45, 2.75) is 37.8 Å². The SMILES string of the molecule is Cc1ccc(/C=N/NC(=O)C(C)Sc2ccc(Cl)cc2)c(C)c1C. The molecule has 2 rings (SSSR count). The maximum Gasteiger partial charge on any atom is 0.253 e. The second-order valence-corrected chi connectivity index (χ2v) is 7.52. The number of nitrogens with one attached hydrogen (secondary N) is 1. The molecule has 0 aliphatic heterocycles. The van der Waals surface area contributed by atoms with Gasteiger partial charge in [0.05, 0.1) is 11.5 Å². The maximum atomic E-state index is 12.1. The second-order valence-electron chi connectivity index (χ2n) is 5.67. The molecule has 0 spiro atoms. The van der Waals surface area contributed by atoms with E-state index in [1.54, 1.807) is 6.21 Å². The molecule has 0 saturated carbocycles. The Hall–Kier alpha value is -1.78. The van der Waals surface area contributed by atoms with E-state index < -0.39 is 0 Å². The molecule has 0 aliphatic carbocycles. The van der Waals surface area contributed by atoms with Gasteiger partial charge in [0.15, 0.2) is 0 Å². The van der Waals surface area contributed by atoms with Crippen molar-refractivity contribution < 1.29 is 4.79 Å². The lowest BCUT2D eigenvalue weighted by molar-refractivity contribution is -0.120. The molecule has 0 radical (unpaired) electrons. The molecular formula is C19H21ClN2OS. The van der Waals surface area contributed by atoms with E-state index >= 15 is 0 Å². The third-order valence-corrected chi connectivity index (χ3v) is 5.34. The number of rotatable bonds is 5. The molecule has 1 N–H and O–H groups in total. The molecule has 5 heteroatoms. The number of hydrazone groups is 1. The smallest absolute Gasteiger partial charge is 0.253 e. The van der Waals surface area contributed by atoms with Crippen molar-refractivity contribution in [1.82, 2.24) is 5.43 Å². The first-order valence-corrected chi connectivity index (χ1v) is 8.96. The number of benzene rings is 2. The van der Waals surface area contributed by atoms with Gasteiger partial charge in [0, 0.05) is 9.92 Å². The lowest BCUT2D eigenvalue weighted by atomic mass is 10.00. The highest BCUT2D eigenvalue weighted by molar-refractivity contribution is 8.00.